The van der Waals surface area contributed by atoms with E-state index in [0.29, 0.717) is 18.7 Å². The number of hydrogen-bond acceptors (Lipinski definition) is 3. The zero-order valence-electron chi connectivity index (χ0n) is 13.9. The van der Waals surface area contributed by atoms with Crippen LogP contribution >= 0.6 is 0 Å². The molecule has 1 fully saturated rings. The van der Waals surface area contributed by atoms with Crippen LogP contribution in [0, 0.1) is 12.7 Å². The fourth-order valence-corrected chi connectivity index (χ4v) is 2.90. The van der Waals surface area contributed by atoms with Gasteiger partial charge in [-0.25, -0.2) is 9.18 Å². The first-order chi connectivity index (χ1) is 12.0. The Balaban J connectivity index is 1.61. The molecule has 3 rings (SSSR count). The topological polar surface area (TPSA) is 74.6 Å². The molecule has 1 aliphatic rings. The van der Waals surface area contributed by atoms with E-state index in [0.717, 1.165) is 12.0 Å². The molecule has 1 saturated heterocycles. The quantitative estimate of drug-likeness (QED) is 0.894. The molecular weight excluding hydrogens is 325 g/mol. The zero-order valence-corrected chi connectivity index (χ0v) is 13.9. The number of rotatable bonds is 4. The van der Waals surface area contributed by atoms with E-state index in [9.17, 15) is 14.0 Å². The summed E-state index contributed by atoms with van der Waals surface area (Å²) < 4.78 is 19.1. The van der Waals surface area contributed by atoms with Crippen LogP contribution < -0.4 is 10.6 Å². The number of carbonyl (C=O) groups is 2. The van der Waals surface area contributed by atoms with E-state index in [-0.39, 0.29) is 18.1 Å². The molecule has 132 valence electrons. The number of amides is 3. The van der Waals surface area contributed by atoms with E-state index in [1.165, 1.54) is 23.3 Å². The monoisotopic (exact) mass is 345 g/mol. The van der Waals surface area contributed by atoms with Crippen molar-refractivity contribution in [2.75, 3.05) is 11.9 Å². The van der Waals surface area contributed by atoms with Crippen LogP contribution in [0.15, 0.2) is 41.0 Å². The highest BCUT2D eigenvalue weighted by Gasteiger charge is 2.34. The molecule has 1 aromatic carbocycles. The molecule has 0 bridgehead atoms. The zero-order chi connectivity index (χ0) is 17.8. The molecule has 2 aromatic rings. The van der Waals surface area contributed by atoms with Crippen LogP contribution in [0.5, 0.6) is 0 Å². The highest BCUT2D eigenvalue weighted by atomic mass is 19.1. The van der Waals surface area contributed by atoms with E-state index in [4.69, 9.17) is 4.42 Å². The van der Waals surface area contributed by atoms with Crippen LogP contribution in [0.4, 0.5) is 14.9 Å². The van der Waals surface area contributed by atoms with Gasteiger partial charge in [-0.1, -0.05) is 6.07 Å². The van der Waals surface area contributed by atoms with Gasteiger partial charge in [0.05, 0.1) is 18.5 Å². The minimum absolute atomic E-state index is 0.109. The van der Waals surface area contributed by atoms with Gasteiger partial charge in [0.2, 0.25) is 5.91 Å². The fraction of sp³-hybridized carbons (Fsp3) is 0.333. The number of carbonyl (C=O) groups excluding carboxylic acids is 2. The van der Waals surface area contributed by atoms with Crippen LogP contribution in [0.2, 0.25) is 0 Å². The third kappa shape index (κ3) is 3.99. The van der Waals surface area contributed by atoms with Crippen molar-refractivity contribution in [3.05, 3.63) is 53.7 Å². The minimum Gasteiger partial charge on any atom is -0.467 e. The first kappa shape index (κ1) is 17.0. The maximum Gasteiger partial charge on any atom is 0.322 e. The summed E-state index contributed by atoms with van der Waals surface area (Å²) in [6, 6.07) is 7.06. The number of halogens is 1. The summed E-state index contributed by atoms with van der Waals surface area (Å²) in [4.78, 5) is 26.3. The lowest BCUT2D eigenvalue weighted by Gasteiger charge is -2.24. The first-order valence-corrected chi connectivity index (χ1v) is 8.18. The van der Waals surface area contributed by atoms with Crippen LogP contribution in [-0.4, -0.2) is 29.4 Å². The largest absolute Gasteiger partial charge is 0.467 e. The second-order valence-corrected chi connectivity index (χ2v) is 6.06. The summed E-state index contributed by atoms with van der Waals surface area (Å²) in [6.07, 6.45) is 2.84. The number of aryl methyl sites for hydroxylation is 1. The molecule has 0 unspecified atom stereocenters. The van der Waals surface area contributed by atoms with E-state index >= 15 is 0 Å². The van der Waals surface area contributed by atoms with Crippen LogP contribution in [-0.2, 0) is 11.3 Å². The lowest BCUT2D eigenvalue weighted by atomic mass is 10.2. The molecule has 0 radical (unpaired) electrons. The smallest absolute Gasteiger partial charge is 0.322 e. The van der Waals surface area contributed by atoms with Crippen LogP contribution in [0.3, 0.4) is 0 Å². The molecular formula is C18H20FN3O3. The number of benzene rings is 1. The summed E-state index contributed by atoms with van der Waals surface area (Å²) >= 11 is 0. The summed E-state index contributed by atoms with van der Waals surface area (Å²) in [5.74, 6) is -0.0936. The Labute approximate surface area is 145 Å². The van der Waals surface area contributed by atoms with E-state index in [1.807, 2.05) is 0 Å². The number of hydrogen-bond donors (Lipinski definition) is 2. The van der Waals surface area contributed by atoms with Gasteiger partial charge in [0.15, 0.2) is 0 Å². The standard InChI is InChI=1S/C18H20FN3O3/c1-12-6-7-15(14(19)10-12)21-18(24)22-8-2-5-16(22)17(23)20-11-13-4-3-9-25-13/h3-4,6-7,9-10,16H,2,5,8,11H2,1H3,(H,20,23)(H,21,24)/t16-/m0/s1. The molecule has 7 heteroatoms. The van der Waals surface area contributed by atoms with Gasteiger partial charge in [0.25, 0.3) is 0 Å². The van der Waals surface area contributed by atoms with Gasteiger partial charge in [0.1, 0.15) is 17.6 Å². The molecule has 1 aromatic heterocycles. The molecule has 1 aliphatic heterocycles. The van der Waals surface area contributed by atoms with Gasteiger partial charge in [-0.3, -0.25) is 4.79 Å². The van der Waals surface area contributed by atoms with Crippen molar-refractivity contribution in [1.29, 1.82) is 0 Å². The lowest BCUT2D eigenvalue weighted by molar-refractivity contribution is -0.124. The predicted octanol–water partition coefficient (Wildman–Crippen LogP) is 3.04. The van der Waals surface area contributed by atoms with Crippen LogP contribution in [0.25, 0.3) is 0 Å². The number of nitrogens with zero attached hydrogens (tertiary/aromatic N) is 1. The SMILES string of the molecule is Cc1ccc(NC(=O)N2CCC[C@H]2C(=O)NCc2ccco2)c(F)c1. The molecule has 2 heterocycles. The number of anilines is 1. The summed E-state index contributed by atoms with van der Waals surface area (Å²) in [7, 11) is 0. The molecule has 1 atom stereocenters. The highest BCUT2D eigenvalue weighted by molar-refractivity contribution is 5.94. The van der Waals surface area contributed by atoms with Gasteiger partial charge in [-0.15, -0.1) is 0 Å². The molecule has 0 spiro atoms. The minimum atomic E-state index is -0.566. The molecule has 6 nitrogen and oxygen atoms in total. The Hall–Kier alpha value is -2.83. The second kappa shape index (κ2) is 7.38. The number of urea groups is 1. The third-order valence-corrected chi connectivity index (χ3v) is 4.20. The molecule has 2 N–H and O–H groups in total. The van der Waals surface area contributed by atoms with Crippen molar-refractivity contribution in [1.82, 2.24) is 10.2 Å². The van der Waals surface area contributed by atoms with Crippen molar-refractivity contribution in [3.8, 4) is 0 Å². The van der Waals surface area contributed by atoms with Crippen LogP contribution in [0.1, 0.15) is 24.2 Å². The second-order valence-electron chi connectivity index (χ2n) is 6.06. The van der Waals surface area contributed by atoms with E-state index < -0.39 is 17.9 Å². The fourth-order valence-electron chi connectivity index (χ4n) is 2.90. The van der Waals surface area contributed by atoms with Crippen molar-refractivity contribution in [2.24, 2.45) is 0 Å². The summed E-state index contributed by atoms with van der Waals surface area (Å²) in [6.45, 7) is 2.50. The first-order valence-electron chi connectivity index (χ1n) is 8.18. The van der Waals surface area contributed by atoms with Gasteiger partial charge in [-0.2, -0.15) is 0 Å². The Bertz CT molecular complexity index is 761. The van der Waals surface area contributed by atoms with E-state index in [2.05, 4.69) is 10.6 Å². The van der Waals surface area contributed by atoms with Gasteiger partial charge in [0, 0.05) is 6.54 Å². The summed E-state index contributed by atoms with van der Waals surface area (Å²) in [5, 5.41) is 5.31. The Morgan fingerprint density at radius 3 is 2.92 bits per heavy atom. The summed E-state index contributed by atoms with van der Waals surface area (Å²) in [5.41, 5.74) is 0.879. The lowest BCUT2D eigenvalue weighted by Crippen LogP contribution is -2.47. The molecule has 25 heavy (non-hydrogen) atoms. The van der Waals surface area contributed by atoms with Crippen molar-refractivity contribution in [3.63, 3.8) is 0 Å². The van der Waals surface area contributed by atoms with Gasteiger partial charge in [-0.05, 0) is 49.6 Å². The van der Waals surface area contributed by atoms with Gasteiger partial charge < -0.3 is 20.0 Å². The van der Waals surface area contributed by atoms with E-state index in [1.54, 1.807) is 25.1 Å². The maximum absolute atomic E-state index is 13.9. The average molecular weight is 345 g/mol. The Kier molecular flexibility index (Phi) is 5.02. The normalized spacial score (nSPS) is 16.7. The third-order valence-electron chi connectivity index (χ3n) is 4.20. The Morgan fingerprint density at radius 1 is 1.36 bits per heavy atom. The molecule has 3 amide bonds. The molecule has 0 saturated carbocycles. The van der Waals surface area contributed by atoms with Gasteiger partial charge >= 0.3 is 6.03 Å². The predicted molar refractivity (Wildman–Crippen MR) is 90.4 cm³/mol. The highest BCUT2D eigenvalue weighted by Crippen LogP contribution is 2.21. The number of likely N-dealkylation sites (tertiary alicyclic amines) is 1. The maximum atomic E-state index is 13.9. The molecule has 0 aliphatic carbocycles. The van der Waals surface area contributed by atoms with Crippen molar-refractivity contribution < 1.29 is 18.4 Å². The van der Waals surface area contributed by atoms with Crippen molar-refractivity contribution >= 4 is 17.6 Å². The Morgan fingerprint density at radius 2 is 2.20 bits per heavy atom. The average Bonchev–Trinajstić information content (AvgIpc) is 3.26. The number of furan rings is 1. The van der Waals surface area contributed by atoms with Crippen molar-refractivity contribution in [2.45, 2.75) is 32.4 Å². The number of nitrogens with one attached hydrogen (secondary N) is 2.